The van der Waals surface area contributed by atoms with Gasteiger partial charge in [-0.1, -0.05) is 12.1 Å². The Morgan fingerprint density at radius 3 is 2.50 bits per heavy atom. The van der Waals surface area contributed by atoms with Gasteiger partial charge in [-0.15, -0.1) is 0 Å². The molecule has 1 aliphatic rings. The lowest BCUT2D eigenvalue weighted by Crippen LogP contribution is -2.42. The molecular weight excluding hydrogens is 276 g/mol. The van der Waals surface area contributed by atoms with E-state index < -0.39 is 0 Å². The van der Waals surface area contributed by atoms with Crippen molar-refractivity contribution < 1.29 is 9.59 Å². The predicted octanol–water partition coefficient (Wildman–Crippen LogP) is 2.90. The first-order chi connectivity index (χ1) is 10.2. The number of benzene rings is 1. The van der Waals surface area contributed by atoms with E-state index in [1.165, 1.54) is 0 Å². The molecule has 0 saturated heterocycles. The van der Waals surface area contributed by atoms with Gasteiger partial charge in [-0.05, 0) is 58.7 Å². The molecule has 1 aliphatic carbocycles. The molecule has 0 aromatic heterocycles. The molecule has 0 radical (unpaired) electrons. The molecule has 4 nitrogen and oxygen atoms in total. The highest BCUT2D eigenvalue weighted by Gasteiger charge is 2.50. The Hall–Kier alpha value is -1.84. The predicted molar refractivity (Wildman–Crippen MR) is 88.7 cm³/mol. The SMILES string of the molecule is CCN(C(=O)C1CC1C(=O)NC(C)(C)C)c1cccc(C)c1. The zero-order valence-electron chi connectivity index (χ0n) is 14.1. The van der Waals surface area contributed by atoms with Crippen molar-refractivity contribution in [2.24, 2.45) is 11.8 Å². The van der Waals surface area contributed by atoms with Crippen molar-refractivity contribution in [3.8, 4) is 0 Å². The maximum atomic E-state index is 12.7. The fraction of sp³-hybridized carbons (Fsp3) is 0.556. The molecule has 2 rings (SSSR count). The van der Waals surface area contributed by atoms with Crippen molar-refractivity contribution in [2.75, 3.05) is 11.4 Å². The van der Waals surface area contributed by atoms with Crippen molar-refractivity contribution in [3.05, 3.63) is 29.8 Å². The normalized spacial score (nSPS) is 20.4. The van der Waals surface area contributed by atoms with E-state index in [9.17, 15) is 9.59 Å². The number of hydrogen-bond acceptors (Lipinski definition) is 2. The molecular formula is C18H26N2O2. The Morgan fingerprint density at radius 1 is 1.27 bits per heavy atom. The lowest BCUT2D eigenvalue weighted by atomic mass is 10.1. The summed E-state index contributed by atoms with van der Waals surface area (Å²) in [7, 11) is 0. The molecule has 2 atom stereocenters. The van der Waals surface area contributed by atoms with Crippen LogP contribution in [0.4, 0.5) is 5.69 Å². The van der Waals surface area contributed by atoms with Gasteiger partial charge in [0.05, 0.1) is 11.8 Å². The number of carbonyl (C=O) groups excluding carboxylic acids is 2. The summed E-state index contributed by atoms with van der Waals surface area (Å²) >= 11 is 0. The minimum absolute atomic E-state index is 0.00820. The van der Waals surface area contributed by atoms with Gasteiger partial charge in [-0.25, -0.2) is 0 Å². The summed E-state index contributed by atoms with van der Waals surface area (Å²) in [6.07, 6.45) is 0.656. The molecule has 1 aromatic rings. The van der Waals surface area contributed by atoms with Crippen LogP contribution in [0.5, 0.6) is 0 Å². The number of anilines is 1. The van der Waals surface area contributed by atoms with Crippen LogP contribution in [0.15, 0.2) is 24.3 Å². The summed E-state index contributed by atoms with van der Waals surface area (Å²) in [6, 6.07) is 7.92. The molecule has 2 unspecified atom stereocenters. The zero-order chi connectivity index (χ0) is 16.5. The topological polar surface area (TPSA) is 49.4 Å². The van der Waals surface area contributed by atoms with Crippen LogP contribution in [0.3, 0.4) is 0 Å². The molecule has 1 N–H and O–H groups in total. The van der Waals surface area contributed by atoms with Crippen LogP contribution in [0.25, 0.3) is 0 Å². The van der Waals surface area contributed by atoms with Crippen molar-refractivity contribution >= 4 is 17.5 Å². The van der Waals surface area contributed by atoms with Crippen molar-refractivity contribution in [1.29, 1.82) is 0 Å². The van der Waals surface area contributed by atoms with Crippen LogP contribution in [0.2, 0.25) is 0 Å². The highest BCUT2D eigenvalue weighted by molar-refractivity contribution is 6.01. The van der Waals surface area contributed by atoms with Crippen LogP contribution in [-0.2, 0) is 9.59 Å². The lowest BCUT2D eigenvalue weighted by molar-refractivity contribution is -0.127. The van der Waals surface area contributed by atoms with Gasteiger partial charge in [-0.2, -0.15) is 0 Å². The second kappa shape index (κ2) is 6.11. The maximum absolute atomic E-state index is 12.7. The third kappa shape index (κ3) is 3.87. The zero-order valence-corrected chi connectivity index (χ0v) is 14.1. The number of nitrogens with zero attached hydrogens (tertiary/aromatic N) is 1. The quantitative estimate of drug-likeness (QED) is 0.929. The van der Waals surface area contributed by atoms with Gasteiger partial charge in [0.1, 0.15) is 0 Å². The summed E-state index contributed by atoms with van der Waals surface area (Å²) in [5, 5.41) is 2.96. The van der Waals surface area contributed by atoms with E-state index in [1.807, 2.05) is 58.9 Å². The van der Waals surface area contributed by atoms with Crippen molar-refractivity contribution in [3.63, 3.8) is 0 Å². The highest BCUT2D eigenvalue weighted by Crippen LogP contribution is 2.41. The van der Waals surface area contributed by atoms with Crippen LogP contribution >= 0.6 is 0 Å². The standard InChI is InChI=1S/C18H26N2O2/c1-6-20(13-9-7-8-12(2)10-13)17(22)15-11-14(15)16(21)19-18(3,4)5/h7-10,14-15H,6,11H2,1-5H3,(H,19,21). The Kier molecular flexibility index (Phi) is 4.59. The monoisotopic (exact) mass is 302 g/mol. The Bertz CT molecular complexity index is 575. The van der Waals surface area contributed by atoms with Crippen LogP contribution in [0, 0.1) is 18.8 Å². The van der Waals surface area contributed by atoms with E-state index in [0.717, 1.165) is 11.3 Å². The summed E-state index contributed by atoms with van der Waals surface area (Å²) in [5.41, 5.74) is 1.78. The average Bonchev–Trinajstić information content (AvgIpc) is 3.17. The van der Waals surface area contributed by atoms with Crippen LogP contribution < -0.4 is 10.2 Å². The molecule has 22 heavy (non-hydrogen) atoms. The van der Waals surface area contributed by atoms with E-state index in [-0.39, 0.29) is 29.2 Å². The summed E-state index contributed by atoms with van der Waals surface area (Å²) in [5.74, 6) is -0.304. The van der Waals surface area contributed by atoms with Crippen molar-refractivity contribution in [2.45, 2.75) is 46.6 Å². The third-order valence-electron chi connectivity index (χ3n) is 3.84. The molecule has 0 bridgehead atoms. The fourth-order valence-electron chi connectivity index (χ4n) is 2.68. The van der Waals surface area contributed by atoms with Crippen LogP contribution in [-0.4, -0.2) is 23.9 Å². The minimum Gasteiger partial charge on any atom is -0.351 e. The first-order valence-corrected chi connectivity index (χ1v) is 7.93. The first kappa shape index (κ1) is 16.5. The Balaban J connectivity index is 2.04. The van der Waals surface area contributed by atoms with Gasteiger partial charge in [-0.3, -0.25) is 9.59 Å². The highest BCUT2D eigenvalue weighted by atomic mass is 16.2. The van der Waals surface area contributed by atoms with E-state index >= 15 is 0 Å². The molecule has 0 spiro atoms. The second-order valence-corrected chi connectivity index (χ2v) is 7.11. The van der Waals surface area contributed by atoms with E-state index in [2.05, 4.69) is 5.32 Å². The molecule has 1 saturated carbocycles. The molecule has 1 fully saturated rings. The number of carbonyl (C=O) groups is 2. The first-order valence-electron chi connectivity index (χ1n) is 7.93. The molecule has 2 amide bonds. The average molecular weight is 302 g/mol. The summed E-state index contributed by atoms with van der Waals surface area (Å²) in [4.78, 5) is 26.6. The van der Waals surface area contributed by atoms with Gasteiger partial charge < -0.3 is 10.2 Å². The molecule has 0 heterocycles. The largest absolute Gasteiger partial charge is 0.351 e. The van der Waals surface area contributed by atoms with Gasteiger partial charge in [0.2, 0.25) is 11.8 Å². The van der Waals surface area contributed by atoms with Crippen molar-refractivity contribution in [1.82, 2.24) is 5.32 Å². The summed E-state index contributed by atoms with van der Waals surface area (Å²) < 4.78 is 0. The molecule has 1 aromatic carbocycles. The molecule has 120 valence electrons. The van der Waals surface area contributed by atoms with Gasteiger partial charge in [0.25, 0.3) is 0 Å². The third-order valence-corrected chi connectivity index (χ3v) is 3.84. The van der Waals surface area contributed by atoms with Crippen LogP contribution in [0.1, 0.15) is 39.7 Å². The smallest absolute Gasteiger partial charge is 0.230 e. The second-order valence-electron chi connectivity index (χ2n) is 7.11. The maximum Gasteiger partial charge on any atom is 0.230 e. The number of hydrogen-bond donors (Lipinski definition) is 1. The minimum atomic E-state index is -0.256. The Morgan fingerprint density at radius 2 is 1.95 bits per heavy atom. The van der Waals surface area contributed by atoms with Gasteiger partial charge in [0, 0.05) is 17.8 Å². The Labute approximate surface area is 132 Å². The fourth-order valence-corrected chi connectivity index (χ4v) is 2.68. The van der Waals surface area contributed by atoms with E-state index in [0.29, 0.717) is 13.0 Å². The number of aryl methyl sites for hydroxylation is 1. The molecule has 4 heteroatoms. The number of amides is 2. The molecule has 0 aliphatic heterocycles. The summed E-state index contributed by atoms with van der Waals surface area (Å²) in [6.45, 7) is 10.5. The van der Waals surface area contributed by atoms with E-state index in [4.69, 9.17) is 0 Å². The number of rotatable bonds is 4. The van der Waals surface area contributed by atoms with E-state index in [1.54, 1.807) is 4.90 Å². The number of nitrogens with one attached hydrogen (secondary N) is 1. The lowest BCUT2D eigenvalue weighted by Gasteiger charge is -2.23. The van der Waals surface area contributed by atoms with Gasteiger partial charge >= 0.3 is 0 Å². The van der Waals surface area contributed by atoms with Gasteiger partial charge in [0.15, 0.2) is 0 Å².